The second kappa shape index (κ2) is 9.65. The third-order valence-electron chi connectivity index (χ3n) is 4.67. The van der Waals surface area contributed by atoms with Crippen molar-refractivity contribution in [1.82, 2.24) is 9.97 Å². The molecule has 0 fully saturated rings. The van der Waals surface area contributed by atoms with Crippen LogP contribution in [-0.4, -0.2) is 38.6 Å². The van der Waals surface area contributed by atoms with Crippen molar-refractivity contribution < 1.29 is 13.2 Å². The van der Waals surface area contributed by atoms with Crippen LogP contribution in [0.15, 0.2) is 59.5 Å². The topological polar surface area (TPSA) is 96.5 Å². The summed E-state index contributed by atoms with van der Waals surface area (Å²) in [7, 11) is -2.23. The van der Waals surface area contributed by atoms with Crippen LogP contribution in [0.25, 0.3) is 0 Å². The largest absolute Gasteiger partial charge is 0.497 e. The van der Waals surface area contributed by atoms with Gasteiger partial charge in [-0.05, 0) is 57.2 Å². The fraction of sp³-hybridized carbons (Fsp3) is 0.273. The zero-order valence-electron chi connectivity index (χ0n) is 18.1. The minimum absolute atomic E-state index is 0.134. The zero-order valence-corrected chi connectivity index (χ0v) is 18.9. The highest BCUT2D eigenvalue weighted by Gasteiger charge is 2.15. The molecule has 0 amide bonds. The molecule has 0 aliphatic rings. The lowest BCUT2D eigenvalue weighted by molar-refractivity contribution is 0.413. The molecule has 0 saturated heterocycles. The fourth-order valence-electron chi connectivity index (χ4n) is 3.08. The molecule has 0 bridgehead atoms. The van der Waals surface area contributed by atoms with Crippen LogP contribution in [-0.2, 0) is 10.0 Å². The molecule has 31 heavy (non-hydrogen) atoms. The molecule has 0 aliphatic heterocycles. The fourth-order valence-corrected chi connectivity index (χ4v) is 4.17. The summed E-state index contributed by atoms with van der Waals surface area (Å²) in [4.78, 5) is 11.2. The number of nitrogens with zero attached hydrogens (tertiary/aromatic N) is 3. The van der Waals surface area contributed by atoms with Gasteiger partial charge in [-0.15, -0.1) is 0 Å². The summed E-state index contributed by atoms with van der Waals surface area (Å²) in [6.07, 6.45) is 0. The third-order valence-corrected chi connectivity index (χ3v) is 6.05. The Labute approximate surface area is 183 Å². The first-order chi connectivity index (χ1) is 14.8. The van der Waals surface area contributed by atoms with Crippen LogP contribution in [0.4, 0.5) is 23.0 Å². The van der Waals surface area contributed by atoms with Crippen molar-refractivity contribution in [3.05, 3.63) is 60.4 Å². The van der Waals surface area contributed by atoms with E-state index < -0.39 is 10.0 Å². The van der Waals surface area contributed by atoms with E-state index in [1.54, 1.807) is 36.4 Å². The van der Waals surface area contributed by atoms with E-state index in [0.29, 0.717) is 23.1 Å². The molecule has 0 atom stereocenters. The van der Waals surface area contributed by atoms with Crippen molar-refractivity contribution in [2.75, 3.05) is 35.1 Å². The Bertz CT molecular complexity index is 1130. The van der Waals surface area contributed by atoms with Gasteiger partial charge in [0.05, 0.1) is 12.0 Å². The van der Waals surface area contributed by atoms with Gasteiger partial charge in [0.15, 0.2) is 0 Å². The van der Waals surface area contributed by atoms with Crippen molar-refractivity contribution in [2.24, 2.45) is 0 Å². The molecule has 3 aromatic rings. The van der Waals surface area contributed by atoms with Gasteiger partial charge in [0, 0.05) is 36.6 Å². The summed E-state index contributed by atoms with van der Waals surface area (Å²) in [5.74, 6) is 2.70. The van der Waals surface area contributed by atoms with Crippen molar-refractivity contribution in [1.29, 1.82) is 0 Å². The Kier molecular flexibility index (Phi) is 6.96. The van der Waals surface area contributed by atoms with E-state index in [-0.39, 0.29) is 4.90 Å². The molecule has 2 aromatic carbocycles. The Hall–Kier alpha value is -3.33. The normalized spacial score (nSPS) is 11.1. The van der Waals surface area contributed by atoms with Gasteiger partial charge in [-0.25, -0.2) is 18.4 Å². The lowest BCUT2D eigenvalue weighted by atomic mass is 10.3. The Morgan fingerprint density at radius 3 is 2.29 bits per heavy atom. The monoisotopic (exact) mass is 441 g/mol. The van der Waals surface area contributed by atoms with Crippen LogP contribution < -0.4 is 19.7 Å². The van der Waals surface area contributed by atoms with E-state index in [1.165, 1.54) is 19.2 Å². The van der Waals surface area contributed by atoms with Gasteiger partial charge in [0.25, 0.3) is 10.0 Å². The zero-order chi connectivity index (χ0) is 22.4. The molecule has 8 nitrogen and oxygen atoms in total. The van der Waals surface area contributed by atoms with Gasteiger partial charge in [0.2, 0.25) is 0 Å². The Morgan fingerprint density at radius 2 is 1.65 bits per heavy atom. The first-order valence-electron chi connectivity index (χ1n) is 9.99. The summed E-state index contributed by atoms with van der Waals surface area (Å²) in [5.41, 5.74) is 1.24. The average molecular weight is 442 g/mol. The van der Waals surface area contributed by atoms with E-state index in [0.717, 1.165) is 24.6 Å². The Morgan fingerprint density at radius 1 is 0.968 bits per heavy atom. The lowest BCUT2D eigenvalue weighted by Crippen LogP contribution is -2.23. The number of sulfonamides is 1. The summed E-state index contributed by atoms with van der Waals surface area (Å²) in [6, 6.07) is 15.2. The van der Waals surface area contributed by atoms with Gasteiger partial charge in [-0.2, -0.15) is 0 Å². The lowest BCUT2D eigenvalue weighted by Gasteiger charge is -2.20. The second-order valence-electron chi connectivity index (χ2n) is 6.82. The Balaban J connectivity index is 1.75. The molecule has 2 N–H and O–H groups in total. The van der Waals surface area contributed by atoms with E-state index in [1.807, 2.05) is 13.0 Å². The maximum Gasteiger partial charge on any atom is 0.262 e. The molecule has 164 valence electrons. The molecule has 0 spiro atoms. The first kappa shape index (κ1) is 22.4. The van der Waals surface area contributed by atoms with Crippen LogP contribution in [0, 0.1) is 6.92 Å². The number of benzene rings is 2. The van der Waals surface area contributed by atoms with Gasteiger partial charge in [-0.1, -0.05) is 6.07 Å². The number of rotatable bonds is 9. The van der Waals surface area contributed by atoms with Gasteiger partial charge >= 0.3 is 0 Å². The molecule has 0 radical (unpaired) electrons. The summed E-state index contributed by atoms with van der Waals surface area (Å²) >= 11 is 0. The van der Waals surface area contributed by atoms with Crippen LogP contribution >= 0.6 is 0 Å². The number of aryl methyl sites for hydroxylation is 1. The van der Waals surface area contributed by atoms with Crippen molar-refractivity contribution in [3.63, 3.8) is 0 Å². The number of aromatic nitrogens is 2. The third kappa shape index (κ3) is 5.64. The highest BCUT2D eigenvalue weighted by molar-refractivity contribution is 7.92. The smallest absolute Gasteiger partial charge is 0.262 e. The summed E-state index contributed by atoms with van der Waals surface area (Å²) in [6.45, 7) is 7.73. The van der Waals surface area contributed by atoms with Crippen molar-refractivity contribution >= 4 is 33.0 Å². The molecule has 0 saturated carbocycles. The molecule has 9 heteroatoms. The number of ether oxygens (including phenoxy) is 1. The predicted octanol–water partition coefficient (Wildman–Crippen LogP) is 4.18. The number of hydrogen-bond acceptors (Lipinski definition) is 7. The highest BCUT2D eigenvalue weighted by Crippen LogP contribution is 2.24. The van der Waals surface area contributed by atoms with Crippen LogP contribution in [0.1, 0.15) is 19.7 Å². The standard InChI is InChI=1S/C22H27N5O3S/c1-5-27(6-2)22-15-21(23-16(3)24-22)25-17-10-12-18(13-11-17)26-31(28,29)20-9-7-8-19(14-20)30-4/h7-15,26H,5-6H2,1-4H3,(H,23,24,25). The van der Waals surface area contributed by atoms with Crippen LogP contribution in [0.5, 0.6) is 5.75 Å². The molecule has 3 rings (SSSR count). The highest BCUT2D eigenvalue weighted by atomic mass is 32.2. The van der Waals surface area contributed by atoms with E-state index >= 15 is 0 Å². The first-order valence-corrected chi connectivity index (χ1v) is 11.5. The summed E-state index contributed by atoms with van der Waals surface area (Å²) < 4.78 is 33.0. The maximum absolute atomic E-state index is 12.6. The molecule has 1 heterocycles. The molecular weight excluding hydrogens is 414 g/mol. The van der Waals surface area contributed by atoms with Gasteiger partial charge in [0.1, 0.15) is 23.2 Å². The van der Waals surface area contributed by atoms with E-state index in [4.69, 9.17) is 4.74 Å². The van der Waals surface area contributed by atoms with Crippen LogP contribution in [0.2, 0.25) is 0 Å². The van der Waals surface area contributed by atoms with Gasteiger partial charge < -0.3 is 15.0 Å². The number of methoxy groups -OCH3 is 1. The second-order valence-corrected chi connectivity index (χ2v) is 8.50. The SMILES string of the molecule is CCN(CC)c1cc(Nc2ccc(NS(=O)(=O)c3cccc(OC)c3)cc2)nc(C)n1. The minimum Gasteiger partial charge on any atom is -0.497 e. The number of hydrogen-bond donors (Lipinski definition) is 2. The summed E-state index contributed by atoms with van der Waals surface area (Å²) in [5, 5.41) is 3.25. The van der Waals surface area contributed by atoms with E-state index in [9.17, 15) is 8.42 Å². The minimum atomic E-state index is -3.72. The van der Waals surface area contributed by atoms with Crippen molar-refractivity contribution in [3.8, 4) is 5.75 Å². The maximum atomic E-state index is 12.6. The van der Waals surface area contributed by atoms with E-state index in [2.05, 4.69) is 38.8 Å². The number of nitrogens with one attached hydrogen (secondary N) is 2. The average Bonchev–Trinajstić information content (AvgIpc) is 2.75. The van der Waals surface area contributed by atoms with Crippen LogP contribution in [0.3, 0.4) is 0 Å². The molecule has 0 aliphatic carbocycles. The molecular formula is C22H27N5O3S. The predicted molar refractivity (Wildman–Crippen MR) is 124 cm³/mol. The number of anilines is 4. The van der Waals surface area contributed by atoms with Gasteiger partial charge in [-0.3, -0.25) is 4.72 Å². The molecule has 1 aromatic heterocycles. The quantitative estimate of drug-likeness (QED) is 0.514. The van der Waals surface area contributed by atoms with Crippen molar-refractivity contribution in [2.45, 2.75) is 25.7 Å². The molecule has 0 unspecified atom stereocenters.